The number of rotatable bonds is 15. The van der Waals surface area contributed by atoms with Crippen molar-refractivity contribution >= 4 is 32.5 Å². The molecule has 2 heterocycles. The van der Waals surface area contributed by atoms with E-state index in [1.54, 1.807) is 11.8 Å². The highest BCUT2D eigenvalue weighted by Gasteiger charge is 2.38. The number of alkyl halides is 6. The van der Waals surface area contributed by atoms with Gasteiger partial charge in [-0.3, -0.25) is 0 Å². The van der Waals surface area contributed by atoms with Crippen LogP contribution < -0.4 is 15.0 Å². The highest BCUT2D eigenvalue weighted by atomic mass is 32.2. The lowest BCUT2D eigenvalue weighted by molar-refractivity contribution is -0.143. The van der Waals surface area contributed by atoms with E-state index in [1.807, 2.05) is 30.3 Å². The molecular weight excluding hydrogens is 696 g/mol. The van der Waals surface area contributed by atoms with E-state index in [-0.39, 0.29) is 48.7 Å². The van der Waals surface area contributed by atoms with Gasteiger partial charge in [0, 0.05) is 23.8 Å². The van der Waals surface area contributed by atoms with E-state index in [2.05, 4.69) is 15.3 Å². The van der Waals surface area contributed by atoms with Gasteiger partial charge in [-0.15, -0.1) is 0 Å². The fourth-order valence-corrected chi connectivity index (χ4v) is 6.87. The number of hydrogen-bond donors (Lipinski definition) is 1. The predicted molar refractivity (Wildman–Crippen MR) is 184 cm³/mol. The van der Waals surface area contributed by atoms with Crippen LogP contribution in [0.2, 0.25) is 0 Å². The summed E-state index contributed by atoms with van der Waals surface area (Å²) in [6.07, 6.45) is 0.604. The zero-order valence-electron chi connectivity index (χ0n) is 28.4. The number of pyridine rings is 1. The summed E-state index contributed by atoms with van der Waals surface area (Å²) in [5, 5.41) is 4.24. The Morgan fingerprint density at radius 2 is 1.61 bits per heavy atom. The Balaban J connectivity index is 1.55. The van der Waals surface area contributed by atoms with Crippen LogP contribution in [0.4, 0.5) is 38.1 Å². The monoisotopic (exact) mass is 737 g/mol. The molecule has 0 amide bonds. The number of fused-ring (bicyclic) bond motifs is 1. The van der Waals surface area contributed by atoms with Gasteiger partial charge in [0.2, 0.25) is 5.95 Å². The number of nitrogens with one attached hydrogen (secondary N) is 1. The maximum atomic E-state index is 14.0. The Kier molecular flexibility index (Phi) is 12.0. The molecular formula is C36H41F6N5O3S. The van der Waals surface area contributed by atoms with Crippen LogP contribution in [-0.2, 0) is 28.7 Å². The molecule has 1 saturated carbocycles. The van der Waals surface area contributed by atoms with Crippen molar-refractivity contribution in [1.29, 1.82) is 0 Å². The van der Waals surface area contributed by atoms with Crippen molar-refractivity contribution in [2.24, 2.45) is 5.92 Å². The Bertz CT molecular complexity index is 1850. The SMILES string of the molecule is CCC(c1cc(C(F)(F)F)cc(C(F)(F)F)c1)N(Cc1cc2ccccc2nc1NCCCC1CCCC1)c1ncc(OCCS(C)(=O)=O)cn1. The first kappa shape index (κ1) is 38.1. The van der Waals surface area contributed by atoms with Gasteiger partial charge < -0.3 is 15.0 Å². The molecule has 4 aromatic rings. The van der Waals surface area contributed by atoms with Crippen molar-refractivity contribution in [2.75, 3.05) is 35.4 Å². The highest BCUT2D eigenvalue weighted by Crippen LogP contribution is 2.40. The second-order valence-corrected chi connectivity index (χ2v) is 15.3. The minimum atomic E-state index is -5.03. The fraction of sp³-hybridized carbons (Fsp3) is 0.472. The third-order valence-corrected chi connectivity index (χ3v) is 9.96. The van der Waals surface area contributed by atoms with E-state index in [1.165, 1.54) is 38.1 Å². The zero-order chi connectivity index (χ0) is 36.8. The maximum absolute atomic E-state index is 14.0. The molecule has 51 heavy (non-hydrogen) atoms. The Labute approximate surface area is 293 Å². The number of hydrogen-bond acceptors (Lipinski definition) is 8. The Morgan fingerprint density at radius 1 is 0.961 bits per heavy atom. The molecule has 15 heteroatoms. The van der Waals surface area contributed by atoms with E-state index in [0.29, 0.717) is 23.8 Å². The lowest BCUT2D eigenvalue weighted by Gasteiger charge is -2.33. The number of ether oxygens (including phenoxy) is 1. The van der Waals surface area contributed by atoms with E-state index in [4.69, 9.17) is 9.72 Å². The van der Waals surface area contributed by atoms with Crippen LogP contribution in [0.15, 0.2) is 60.9 Å². The Morgan fingerprint density at radius 3 is 2.22 bits per heavy atom. The number of halogens is 6. The van der Waals surface area contributed by atoms with Gasteiger partial charge in [-0.1, -0.05) is 50.8 Å². The van der Waals surface area contributed by atoms with Crippen molar-refractivity contribution in [2.45, 2.75) is 76.8 Å². The number of benzene rings is 2. The quantitative estimate of drug-likeness (QED) is 0.0954. The molecule has 2 aromatic carbocycles. The molecule has 1 N–H and O–H groups in total. The van der Waals surface area contributed by atoms with Crippen molar-refractivity contribution in [3.8, 4) is 5.75 Å². The van der Waals surface area contributed by atoms with Gasteiger partial charge in [0.25, 0.3) is 0 Å². The Hall–Kier alpha value is -4.14. The molecule has 1 aliphatic rings. The third kappa shape index (κ3) is 10.5. The minimum absolute atomic E-state index is 0.0172. The molecule has 1 unspecified atom stereocenters. The third-order valence-electron chi connectivity index (χ3n) is 9.05. The van der Waals surface area contributed by atoms with Crippen molar-refractivity contribution in [3.63, 3.8) is 0 Å². The summed E-state index contributed by atoms with van der Waals surface area (Å²) in [7, 11) is -3.30. The smallest absolute Gasteiger partial charge is 0.416 e. The standard InChI is InChI=1S/C36H41F6N5O3S/c1-3-32(26-18-28(35(37,38)39)20-29(19-26)36(40,41)42)47(34-44-21-30(22-45-34)50-15-16-51(2,48)49)23-27-17-25-12-6-7-13-31(25)46-33(27)43-14-8-11-24-9-4-5-10-24/h6-7,12-13,17-22,24,32H,3-5,8-11,14-16,23H2,1-2H3,(H,43,46). The average molecular weight is 738 g/mol. The lowest BCUT2D eigenvalue weighted by atomic mass is 9.96. The first-order chi connectivity index (χ1) is 24.1. The summed E-state index contributed by atoms with van der Waals surface area (Å²) in [4.78, 5) is 15.2. The van der Waals surface area contributed by atoms with Gasteiger partial charge in [-0.25, -0.2) is 23.4 Å². The summed E-state index contributed by atoms with van der Waals surface area (Å²) in [6, 6.07) is 9.89. The van der Waals surface area contributed by atoms with E-state index >= 15 is 0 Å². The summed E-state index contributed by atoms with van der Waals surface area (Å²) in [5.41, 5.74) is -1.68. The van der Waals surface area contributed by atoms with Crippen LogP contribution in [0.1, 0.15) is 80.2 Å². The topological polar surface area (TPSA) is 97.3 Å². The number of sulfone groups is 1. The van der Waals surface area contributed by atoms with Crippen LogP contribution >= 0.6 is 0 Å². The molecule has 0 bridgehead atoms. The fourth-order valence-electron chi connectivity index (χ4n) is 6.48. The van der Waals surface area contributed by atoms with Gasteiger partial charge in [0.1, 0.15) is 12.4 Å². The van der Waals surface area contributed by atoms with Gasteiger partial charge in [0.15, 0.2) is 15.6 Å². The van der Waals surface area contributed by atoms with Crippen LogP contribution in [0, 0.1) is 5.92 Å². The minimum Gasteiger partial charge on any atom is -0.489 e. The number of para-hydroxylation sites is 1. The molecule has 1 aliphatic carbocycles. The zero-order valence-corrected chi connectivity index (χ0v) is 29.2. The maximum Gasteiger partial charge on any atom is 0.416 e. The van der Waals surface area contributed by atoms with Crippen molar-refractivity contribution in [1.82, 2.24) is 15.0 Å². The molecule has 5 rings (SSSR count). The van der Waals surface area contributed by atoms with Gasteiger partial charge in [0.05, 0.1) is 47.4 Å². The number of nitrogens with zero attached hydrogens (tertiary/aromatic N) is 4. The summed E-state index contributed by atoms with van der Waals surface area (Å²) in [6.45, 7) is 2.11. The first-order valence-electron chi connectivity index (χ1n) is 16.9. The number of aromatic nitrogens is 3. The van der Waals surface area contributed by atoms with Crippen LogP contribution in [-0.4, -0.2) is 48.5 Å². The molecule has 0 radical (unpaired) electrons. The van der Waals surface area contributed by atoms with Crippen LogP contribution in [0.5, 0.6) is 5.75 Å². The van der Waals surface area contributed by atoms with E-state index in [9.17, 15) is 34.8 Å². The molecule has 8 nitrogen and oxygen atoms in total. The molecule has 0 spiro atoms. The summed E-state index contributed by atoms with van der Waals surface area (Å²) >= 11 is 0. The van der Waals surface area contributed by atoms with Gasteiger partial charge in [-0.2, -0.15) is 26.3 Å². The molecule has 276 valence electrons. The molecule has 0 saturated heterocycles. The largest absolute Gasteiger partial charge is 0.489 e. The lowest BCUT2D eigenvalue weighted by Crippen LogP contribution is -2.31. The number of anilines is 2. The van der Waals surface area contributed by atoms with Crippen LogP contribution in [0.25, 0.3) is 10.9 Å². The molecule has 1 atom stereocenters. The summed E-state index contributed by atoms with van der Waals surface area (Å²) in [5.74, 6) is 1.15. The van der Waals surface area contributed by atoms with Crippen LogP contribution in [0.3, 0.4) is 0 Å². The molecule has 0 aliphatic heterocycles. The highest BCUT2D eigenvalue weighted by molar-refractivity contribution is 7.90. The normalized spacial score (nSPS) is 14.9. The van der Waals surface area contributed by atoms with Crippen molar-refractivity contribution < 1.29 is 39.5 Å². The summed E-state index contributed by atoms with van der Waals surface area (Å²) < 4.78 is 112. The second kappa shape index (κ2) is 16.0. The average Bonchev–Trinajstić information content (AvgIpc) is 3.59. The molecule has 2 aromatic heterocycles. The molecule has 1 fully saturated rings. The predicted octanol–water partition coefficient (Wildman–Crippen LogP) is 9.03. The van der Waals surface area contributed by atoms with Gasteiger partial charge in [-0.05, 0) is 61.1 Å². The van der Waals surface area contributed by atoms with E-state index < -0.39 is 39.4 Å². The van der Waals surface area contributed by atoms with E-state index in [0.717, 1.165) is 42.1 Å². The first-order valence-corrected chi connectivity index (χ1v) is 19.0. The van der Waals surface area contributed by atoms with Gasteiger partial charge >= 0.3 is 12.4 Å². The van der Waals surface area contributed by atoms with Crippen molar-refractivity contribution in [3.05, 3.63) is 83.2 Å². The second-order valence-electron chi connectivity index (χ2n) is 13.0.